The Morgan fingerprint density at radius 1 is 1.27 bits per heavy atom. The second-order valence-corrected chi connectivity index (χ2v) is 3.77. The van der Waals surface area contributed by atoms with Gasteiger partial charge in [-0.2, -0.15) is 0 Å². The Kier molecular flexibility index (Phi) is 4.30. The van der Waals surface area contributed by atoms with Gasteiger partial charge in [-0.15, -0.1) is 12.4 Å². The Labute approximate surface area is 95.8 Å². The van der Waals surface area contributed by atoms with Gasteiger partial charge < -0.3 is 5.32 Å². The maximum atomic E-state index is 13.5. The summed E-state index contributed by atoms with van der Waals surface area (Å²) in [6.45, 7) is 0.984. The standard InChI is InChI=1S/C12H14FN.ClH/c13-12(9-14-10-12)8-4-7-11-5-2-1-3-6-11;/h1-7,14H,8-10H2;1H/b7-4+;. The van der Waals surface area contributed by atoms with Crippen LogP contribution in [0.15, 0.2) is 36.4 Å². The molecule has 1 nitrogen and oxygen atoms in total. The van der Waals surface area contributed by atoms with Crippen LogP contribution in [-0.2, 0) is 0 Å². The topological polar surface area (TPSA) is 12.0 Å². The van der Waals surface area contributed by atoms with Gasteiger partial charge in [0.2, 0.25) is 0 Å². The van der Waals surface area contributed by atoms with Gasteiger partial charge in [-0.1, -0.05) is 42.5 Å². The molecule has 1 aromatic carbocycles. The molecular weight excluding hydrogens is 213 g/mol. The van der Waals surface area contributed by atoms with Crippen molar-refractivity contribution in [2.24, 2.45) is 0 Å². The van der Waals surface area contributed by atoms with Crippen molar-refractivity contribution in [3.63, 3.8) is 0 Å². The first-order valence-electron chi connectivity index (χ1n) is 4.90. The summed E-state index contributed by atoms with van der Waals surface area (Å²) in [5.41, 5.74) is 0.133. The van der Waals surface area contributed by atoms with E-state index in [1.54, 1.807) is 0 Å². The van der Waals surface area contributed by atoms with E-state index >= 15 is 0 Å². The van der Waals surface area contributed by atoms with E-state index in [4.69, 9.17) is 0 Å². The highest BCUT2D eigenvalue weighted by Gasteiger charge is 2.35. The molecule has 1 aliphatic rings. The molecule has 1 aromatic rings. The van der Waals surface area contributed by atoms with Crippen LogP contribution < -0.4 is 5.32 Å². The first-order valence-corrected chi connectivity index (χ1v) is 4.90. The molecular formula is C12H15ClFN. The van der Waals surface area contributed by atoms with E-state index in [9.17, 15) is 4.39 Å². The summed E-state index contributed by atoms with van der Waals surface area (Å²) in [4.78, 5) is 0. The van der Waals surface area contributed by atoms with Gasteiger partial charge in [0.15, 0.2) is 0 Å². The molecule has 0 aliphatic carbocycles. The van der Waals surface area contributed by atoms with Crippen LogP contribution in [0, 0.1) is 0 Å². The molecule has 3 heteroatoms. The van der Waals surface area contributed by atoms with Gasteiger partial charge in [0, 0.05) is 19.5 Å². The van der Waals surface area contributed by atoms with Gasteiger partial charge >= 0.3 is 0 Å². The van der Waals surface area contributed by atoms with Gasteiger partial charge in [0.25, 0.3) is 0 Å². The van der Waals surface area contributed by atoms with Gasteiger partial charge in [-0.05, 0) is 5.56 Å². The summed E-state index contributed by atoms with van der Waals surface area (Å²) in [7, 11) is 0. The summed E-state index contributed by atoms with van der Waals surface area (Å²) in [5, 5.41) is 2.94. The fourth-order valence-corrected chi connectivity index (χ4v) is 1.51. The van der Waals surface area contributed by atoms with Gasteiger partial charge in [0.05, 0.1) is 0 Å². The highest BCUT2D eigenvalue weighted by atomic mass is 35.5. The molecule has 0 unspecified atom stereocenters. The normalized spacial score (nSPS) is 18.2. The minimum absolute atomic E-state index is 0. The van der Waals surface area contributed by atoms with Crippen LogP contribution in [0.1, 0.15) is 12.0 Å². The van der Waals surface area contributed by atoms with E-state index in [-0.39, 0.29) is 12.4 Å². The Bertz CT molecular complexity index is 320. The van der Waals surface area contributed by atoms with Crippen LogP contribution >= 0.6 is 12.4 Å². The lowest BCUT2D eigenvalue weighted by Crippen LogP contribution is -2.55. The van der Waals surface area contributed by atoms with Crippen LogP contribution in [0.4, 0.5) is 4.39 Å². The number of alkyl halides is 1. The molecule has 0 atom stereocenters. The van der Waals surface area contributed by atoms with Crippen molar-refractivity contribution in [2.75, 3.05) is 13.1 Å². The van der Waals surface area contributed by atoms with Gasteiger partial charge in [-0.3, -0.25) is 0 Å². The van der Waals surface area contributed by atoms with Gasteiger partial charge in [-0.25, -0.2) is 4.39 Å². The van der Waals surface area contributed by atoms with Crippen LogP contribution in [0.5, 0.6) is 0 Å². The lowest BCUT2D eigenvalue weighted by atomic mass is 9.95. The quantitative estimate of drug-likeness (QED) is 0.838. The first-order chi connectivity index (χ1) is 6.79. The number of benzene rings is 1. The fraction of sp³-hybridized carbons (Fsp3) is 0.333. The predicted molar refractivity (Wildman–Crippen MR) is 64.0 cm³/mol. The van der Waals surface area contributed by atoms with Crippen molar-refractivity contribution in [1.82, 2.24) is 5.32 Å². The predicted octanol–water partition coefficient (Wildman–Crippen LogP) is 2.82. The third-order valence-corrected chi connectivity index (χ3v) is 2.48. The summed E-state index contributed by atoms with van der Waals surface area (Å²) < 4.78 is 13.5. The zero-order valence-corrected chi connectivity index (χ0v) is 9.27. The molecule has 1 fully saturated rings. The van der Waals surface area contributed by atoms with E-state index < -0.39 is 5.67 Å². The molecule has 15 heavy (non-hydrogen) atoms. The van der Waals surface area contributed by atoms with Crippen molar-refractivity contribution in [3.8, 4) is 0 Å². The molecule has 0 amide bonds. The third kappa shape index (κ3) is 3.33. The number of rotatable bonds is 3. The molecule has 0 spiro atoms. The molecule has 0 radical (unpaired) electrons. The molecule has 2 rings (SSSR count). The van der Waals surface area contributed by atoms with Crippen molar-refractivity contribution >= 4 is 18.5 Å². The van der Waals surface area contributed by atoms with E-state index in [0.717, 1.165) is 5.56 Å². The van der Waals surface area contributed by atoms with E-state index in [0.29, 0.717) is 19.5 Å². The molecule has 1 heterocycles. The number of hydrogen-bond donors (Lipinski definition) is 1. The zero-order valence-electron chi connectivity index (χ0n) is 8.45. The summed E-state index contributed by atoms with van der Waals surface area (Å²) in [6, 6.07) is 9.97. The van der Waals surface area contributed by atoms with E-state index in [2.05, 4.69) is 5.32 Å². The molecule has 1 saturated heterocycles. The molecule has 0 bridgehead atoms. The van der Waals surface area contributed by atoms with Crippen LogP contribution in [0.2, 0.25) is 0 Å². The number of halogens is 2. The largest absolute Gasteiger partial charge is 0.310 e. The number of nitrogens with one attached hydrogen (secondary N) is 1. The van der Waals surface area contributed by atoms with Crippen molar-refractivity contribution in [1.29, 1.82) is 0 Å². The smallest absolute Gasteiger partial charge is 0.139 e. The van der Waals surface area contributed by atoms with Crippen LogP contribution in [0.25, 0.3) is 6.08 Å². The second kappa shape index (κ2) is 5.29. The number of hydrogen-bond acceptors (Lipinski definition) is 1. The lowest BCUT2D eigenvalue weighted by Gasteiger charge is -2.33. The summed E-state index contributed by atoms with van der Waals surface area (Å²) in [6.07, 6.45) is 4.39. The monoisotopic (exact) mass is 227 g/mol. The summed E-state index contributed by atoms with van der Waals surface area (Å²) >= 11 is 0. The van der Waals surface area contributed by atoms with Crippen molar-refractivity contribution < 1.29 is 4.39 Å². The molecule has 0 aromatic heterocycles. The Morgan fingerprint density at radius 3 is 2.47 bits per heavy atom. The average Bonchev–Trinajstić information content (AvgIpc) is 2.17. The average molecular weight is 228 g/mol. The number of allylic oxidation sites excluding steroid dienone is 1. The van der Waals surface area contributed by atoms with Crippen LogP contribution in [-0.4, -0.2) is 18.8 Å². The first kappa shape index (κ1) is 12.2. The van der Waals surface area contributed by atoms with Gasteiger partial charge in [0.1, 0.15) is 5.67 Å². The molecule has 82 valence electrons. The van der Waals surface area contributed by atoms with Crippen molar-refractivity contribution in [3.05, 3.63) is 42.0 Å². The molecule has 0 saturated carbocycles. The summed E-state index contributed by atoms with van der Waals surface area (Å²) in [5.74, 6) is 0. The Balaban J connectivity index is 0.00000112. The Hall–Kier alpha value is -0.860. The highest BCUT2D eigenvalue weighted by molar-refractivity contribution is 5.85. The highest BCUT2D eigenvalue weighted by Crippen LogP contribution is 2.21. The second-order valence-electron chi connectivity index (χ2n) is 3.77. The lowest BCUT2D eigenvalue weighted by molar-refractivity contribution is 0.0945. The fourth-order valence-electron chi connectivity index (χ4n) is 1.51. The maximum absolute atomic E-state index is 13.5. The molecule has 1 N–H and O–H groups in total. The van der Waals surface area contributed by atoms with Crippen molar-refractivity contribution in [2.45, 2.75) is 12.1 Å². The SMILES string of the molecule is Cl.FC1(C/C=C/c2ccccc2)CNC1. The maximum Gasteiger partial charge on any atom is 0.139 e. The minimum Gasteiger partial charge on any atom is -0.310 e. The van der Waals surface area contributed by atoms with Crippen LogP contribution in [0.3, 0.4) is 0 Å². The minimum atomic E-state index is -0.995. The van der Waals surface area contributed by atoms with E-state index in [1.165, 1.54) is 0 Å². The zero-order chi connectivity index (χ0) is 9.86. The van der Waals surface area contributed by atoms with E-state index in [1.807, 2.05) is 42.5 Å². The Morgan fingerprint density at radius 2 is 1.93 bits per heavy atom. The molecule has 1 aliphatic heterocycles. The third-order valence-electron chi connectivity index (χ3n) is 2.48.